The Kier molecular flexibility index (Phi) is 5.79. The smallest absolute Gasteiger partial charge is 0.417 e. The van der Waals surface area contributed by atoms with Gasteiger partial charge in [-0.3, -0.25) is 9.88 Å². The molecule has 0 spiro atoms. The molecule has 1 aliphatic carbocycles. The van der Waals surface area contributed by atoms with Crippen LogP contribution in [0.4, 0.5) is 13.2 Å². The molecule has 0 N–H and O–H groups in total. The maximum atomic E-state index is 13.2. The first kappa shape index (κ1) is 22.8. The average Bonchev–Trinajstić information content (AvgIpc) is 3.53. The monoisotopic (exact) mass is 502 g/mol. The maximum Gasteiger partial charge on any atom is 0.417 e. The number of hydrogen-bond donors (Lipinski definition) is 0. The highest BCUT2D eigenvalue weighted by atomic mass is 35.5. The highest BCUT2D eigenvalue weighted by Gasteiger charge is 2.42. The molecule has 2 atom stereocenters. The topological polar surface area (TPSA) is 75.6 Å². The molecule has 5 rings (SSSR count). The largest absolute Gasteiger partial charge is 0.472 e. The molecule has 1 saturated carbocycles. The standard InChI is InChI=1S/C21H22ClF3N4O3S/c22-18-4-3-16(8-17(18)21(23,24)25)33(30,31)29-6-5-28-12-15(7-14(28)11-29)32-20-10-26-19(9-27-20)13-1-2-13/h3-4,8-10,13-15H,1-2,5-7,11-12H2/t14-,15+/m0/s1. The molecule has 3 aliphatic rings. The van der Waals surface area contributed by atoms with Gasteiger partial charge in [-0.1, -0.05) is 11.6 Å². The maximum absolute atomic E-state index is 13.2. The molecule has 0 unspecified atom stereocenters. The van der Waals surface area contributed by atoms with Crippen LogP contribution in [0.1, 0.15) is 36.4 Å². The predicted octanol–water partition coefficient (Wildman–Crippen LogP) is 3.55. The van der Waals surface area contributed by atoms with Crippen molar-refractivity contribution in [3.8, 4) is 5.88 Å². The van der Waals surface area contributed by atoms with Crippen LogP contribution in [0.15, 0.2) is 35.5 Å². The van der Waals surface area contributed by atoms with E-state index in [-0.39, 0.29) is 25.2 Å². The fourth-order valence-corrected chi connectivity index (χ4v) is 6.17. The van der Waals surface area contributed by atoms with Crippen LogP contribution in [0.25, 0.3) is 0 Å². The van der Waals surface area contributed by atoms with Gasteiger partial charge >= 0.3 is 6.18 Å². The summed E-state index contributed by atoms with van der Waals surface area (Å²) < 4.78 is 73.0. The van der Waals surface area contributed by atoms with E-state index in [0.29, 0.717) is 37.4 Å². The lowest BCUT2D eigenvalue weighted by Crippen LogP contribution is -2.51. The van der Waals surface area contributed by atoms with Gasteiger partial charge in [-0.2, -0.15) is 17.5 Å². The normalized spacial score (nSPS) is 24.6. The van der Waals surface area contributed by atoms with Gasteiger partial charge in [-0.15, -0.1) is 0 Å². The minimum atomic E-state index is -4.74. The van der Waals surface area contributed by atoms with E-state index in [0.717, 1.165) is 30.7 Å². The van der Waals surface area contributed by atoms with Gasteiger partial charge in [0.2, 0.25) is 15.9 Å². The Morgan fingerprint density at radius 1 is 1.09 bits per heavy atom. The summed E-state index contributed by atoms with van der Waals surface area (Å²) in [4.78, 5) is 10.5. The van der Waals surface area contributed by atoms with Gasteiger partial charge in [0.1, 0.15) is 6.10 Å². The highest BCUT2D eigenvalue weighted by Crippen LogP contribution is 2.39. The summed E-state index contributed by atoms with van der Waals surface area (Å²) in [6.45, 7) is 1.46. The van der Waals surface area contributed by atoms with E-state index in [2.05, 4.69) is 14.9 Å². The number of piperazine rings is 1. The van der Waals surface area contributed by atoms with Crippen molar-refractivity contribution < 1.29 is 26.3 Å². The molecule has 0 bridgehead atoms. The van der Waals surface area contributed by atoms with Crippen LogP contribution in [0.5, 0.6) is 5.88 Å². The summed E-state index contributed by atoms with van der Waals surface area (Å²) in [5.41, 5.74) is -0.185. The molecule has 0 radical (unpaired) electrons. The number of nitrogens with zero attached hydrogens (tertiary/aromatic N) is 4. The Hall–Kier alpha value is -1.95. The number of alkyl halides is 3. The van der Waals surface area contributed by atoms with Crippen molar-refractivity contribution in [2.75, 3.05) is 26.2 Å². The third-order valence-electron chi connectivity index (χ3n) is 6.35. The molecule has 12 heteroatoms. The summed E-state index contributed by atoms with van der Waals surface area (Å²) in [6.07, 6.45) is 1.34. The van der Waals surface area contributed by atoms with E-state index in [4.69, 9.17) is 16.3 Å². The minimum Gasteiger partial charge on any atom is -0.472 e. The molecule has 33 heavy (non-hydrogen) atoms. The number of halogens is 4. The lowest BCUT2D eigenvalue weighted by molar-refractivity contribution is -0.137. The van der Waals surface area contributed by atoms with Crippen molar-refractivity contribution in [2.45, 2.75) is 48.4 Å². The third-order valence-corrected chi connectivity index (χ3v) is 8.54. The molecule has 2 aliphatic heterocycles. The van der Waals surface area contributed by atoms with Gasteiger partial charge in [0.25, 0.3) is 0 Å². The number of sulfonamides is 1. The predicted molar refractivity (Wildman–Crippen MR) is 114 cm³/mol. The van der Waals surface area contributed by atoms with Crippen LogP contribution in [-0.4, -0.2) is 65.9 Å². The Morgan fingerprint density at radius 2 is 1.88 bits per heavy atom. The second-order valence-corrected chi connectivity index (χ2v) is 11.0. The minimum absolute atomic E-state index is 0.0911. The Bertz CT molecular complexity index is 1140. The van der Waals surface area contributed by atoms with Crippen molar-refractivity contribution in [3.63, 3.8) is 0 Å². The first-order valence-electron chi connectivity index (χ1n) is 10.7. The summed E-state index contributed by atoms with van der Waals surface area (Å²) in [6, 6.07) is 2.60. The quantitative estimate of drug-likeness (QED) is 0.622. The van der Waals surface area contributed by atoms with Gasteiger partial charge in [0.05, 0.1) is 33.6 Å². The Morgan fingerprint density at radius 3 is 2.55 bits per heavy atom. The van der Waals surface area contributed by atoms with Gasteiger partial charge in [-0.25, -0.2) is 13.4 Å². The van der Waals surface area contributed by atoms with E-state index in [1.165, 1.54) is 4.31 Å². The SMILES string of the molecule is O=S(=O)(c1ccc(Cl)c(C(F)(F)F)c1)N1CCN2C[C@H](Oc3cnc(C4CC4)cn3)C[C@H]2C1. The zero-order valence-electron chi connectivity index (χ0n) is 17.5. The molecule has 2 aromatic rings. The summed E-state index contributed by atoms with van der Waals surface area (Å²) in [7, 11) is -4.10. The van der Waals surface area contributed by atoms with Crippen molar-refractivity contribution in [2.24, 2.45) is 0 Å². The molecule has 3 fully saturated rings. The molecule has 0 amide bonds. The van der Waals surface area contributed by atoms with Crippen LogP contribution >= 0.6 is 11.6 Å². The Labute approximate surface area is 194 Å². The number of rotatable bonds is 5. The number of benzene rings is 1. The fraction of sp³-hybridized carbons (Fsp3) is 0.524. The summed E-state index contributed by atoms with van der Waals surface area (Å²) >= 11 is 5.64. The summed E-state index contributed by atoms with van der Waals surface area (Å²) in [5.74, 6) is 0.947. The molecule has 1 aromatic heterocycles. The van der Waals surface area contributed by atoms with Crippen molar-refractivity contribution in [3.05, 3.63) is 46.9 Å². The van der Waals surface area contributed by atoms with E-state index in [1.807, 2.05) is 0 Å². The number of aromatic nitrogens is 2. The molecule has 3 heterocycles. The molecule has 1 aromatic carbocycles. The first-order chi connectivity index (χ1) is 15.6. The molecule has 2 saturated heterocycles. The lowest BCUT2D eigenvalue weighted by atomic mass is 10.2. The van der Waals surface area contributed by atoms with Crippen molar-refractivity contribution in [1.82, 2.24) is 19.2 Å². The van der Waals surface area contributed by atoms with Crippen LogP contribution in [0.3, 0.4) is 0 Å². The van der Waals surface area contributed by atoms with E-state index in [9.17, 15) is 21.6 Å². The number of hydrogen-bond acceptors (Lipinski definition) is 6. The lowest BCUT2D eigenvalue weighted by Gasteiger charge is -2.36. The first-order valence-corrected chi connectivity index (χ1v) is 12.5. The van der Waals surface area contributed by atoms with Gasteiger partial charge < -0.3 is 4.74 Å². The highest BCUT2D eigenvalue weighted by molar-refractivity contribution is 7.89. The van der Waals surface area contributed by atoms with Crippen LogP contribution in [0, 0.1) is 0 Å². The molecular weight excluding hydrogens is 481 g/mol. The van der Waals surface area contributed by atoms with Crippen molar-refractivity contribution in [1.29, 1.82) is 0 Å². The van der Waals surface area contributed by atoms with E-state index < -0.39 is 31.7 Å². The molecule has 178 valence electrons. The second-order valence-electron chi connectivity index (χ2n) is 8.68. The average molecular weight is 503 g/mol. The van der Waals surface area contributed by atoms with E-state index in [1.54, 1.807) is 12.4 Å². The molecule has 7 nitrogen and oxygen atoms in total. The zero-order valence-corrected chi connectivity index (χ0v) is 19.1. The summed E-state index contributed by atoms with van der Waals surface area (Å²) in [5, 5.41) is -0.532. The van der Waals surface area contributed by atoms with Gasteiger partial charge in [-0.05, 0) is 31.0 Å². The van der Waals surface area contributed by atoms with Crippen LogP contribution in [-0.2, 0) is 16.2 Å². The molecular formula is C21H22ClF3N4O3S. The van der Waals surface area contributed by atoms with Crippen molar-refractivity contribution >= 4 is 21.6 Å². The van der Waals surface area contributed by atoms with Gasteiger partial charge in [0, 0.05) is 44.6 Å². The number of fused-ring (bicyclic) bond motifs is 1. The van der Waals surface area contributed by atoms with E-state index >= 15 is 0 Å². The van der Waals surface area contributed by atoms with Crippen LogP contribution < -0.4 is 4.74 Å². The number of ether oxygens (including phenoxy) is 1. The Balaban J connectivity index is 1.26. The van der Waals surface area contributed by atoms with Crippen LogP contribution in [0.2, 0.25) is 5.02 Å². The third kappa shape index (κ3) is 4.68. The zero-order chi connectivity index (χ0) is 23.4. The van der Waals surface area contributed by atoms with Gasteiger partial charge in [0.15, 0.2) is 0 Å². The second kappa shape index (κ2) is 8.37. The fourth-order valence-electron chi connectivity index (χ4n) is 4.45.